The van der Waals surface area contributed by atoms with Crippen LogP contribution in [0.4, 0.5) is 5.69 Å². The number of carbonyl (C=O) groups is 1. The van der Waals surface area contributed by atoms with Gasteiger partial charge in [-0.1, -0.05) is 0 Å². The van der Waals surface area contributed by atoms with E-state index in [-0.39, 0.29) is 11.4 Å². The predicted molar refractivity (Wildman–Crippen MR) is 118 cm³/mol. The number of aromatic nitrogens is 6. The minimum Gasteiger partial charge on any atom is -0.329 e. The summed E-state index contributed by atoms with van der Waals surface area (Å²) in [4.78, 5) is 15.2. The monoisotopic (exact) mass is 443 g/mol. The topological polar surface area (TPSA) is 115 Å². The highest BCUT2D eigenvalue weighted by molar-refractivity contribution is 7.80. The molecule has 2 heterocycles. The highest BCUT2D eigenvalue weighted by Gasteiger charge is 2.62. The quantitative estimate of drug-likeness (QED) is 0.484. The molecule has 0 spiro atoms. The second-order valence-electron chi connectivity index (χ2n) is 9.58. The zero-order valence-electron chi connectivity index (χ0n) is 18.2. The summed E-state index contributed by atoms with van der Waals surface area (Å²) in [6.45, 7) is 6.66. The summed E-state index contributed by atoms with van der Waals surface area (Å²) in [5, 5.41) is 20.7. The Morgan fingerprint density at radius 1 is 1.23 bits per heavy atom. The van der Waals surface area contributed by atoms with Gasteiger partial charge >= 0.3 is 0 Å². The van der Waals surface area contributed by atoms with Crippen LogP contribution < -0.4 is 16.2 Å². The molecule has 2 atom stereocenters. The van der Waals surface area contributed by atoms with E-state index in [0.29, 0.717) is 22.8 Å². The van der Waals surface area contributed by atoms with Crippen LogP contribution in [0.5, 0.6) is 0 Å². The van der Waals surface area contributed by atoms with E-state index in [0.717, 1.165) is 50.0 Å². The fourth-order valence-corrected chi connectivity index (χ4v) is 6.65. The van der Waals surface area contributed by atoms with Crippen molar-refractivity contribution in [2.45, 2.75) is 71.4 Å². The molecule has 4 fully saturated rings. The maximum atomic E-state index is 13.4. The lowest BCUT2D eigenvalue weighted by Crippen LogP contribution is -2.63. The SMILES string of the molecule is CCn1ncc(NC(=S)NNC(=O)C23C[C@H]4C[C@H](C2)CC(n2nnc(C)n2)(C4)C3)c1C. The smallest absolute Gasteiger partial charge is 0.244 e. The standard InChI is InChI=1S/C20H29N9OS/c1-4-28-12(2)16(10-21-28)22-18(31)25-24-17(30)19-6-14-5-15(7-19)9-20(8-14,11-19)29-26-13(3)23-27-29/h10,14-15H,4-9,11H2,1-3H3,(H,24,30)(H2,22,25,31)/t14-,15-,19?,20?/m1/s1. The molecule has 0 unspecified atom stereocenters. The molecule has 31 heavy (non-hydrogen) atoms. The minimum absolute atomic E-state index is 0.00735. The van der Waals surface area contributed by atoms with E-state index >= 15 is 0 Å². The molecule has 0 aliphatic heterocycles. The van der Waals surface area contributed by atoms with Gasteiger partial charge in [-0.05, 0) is 88.6 Å². The summed E-state index contributed by atoms with van der Waals surface area (Å²) in [5.41, 5.74) is 6.99. The van der Waals surface area contributed by atoms with Crippen molar-refractivity contribution < 1.29 is 4.79 Å². The number of thiocarbonyl (C=S) groups is 1. The molecule has 166 valence electrons. The molecule has 1 amide bonds. The first kappa shape index (κ1) is 20.3. The Morgan fingerprint density at radius 2 is 1.97 bits per heavy atom. The van der Waals surface area contributed by atoms with Gasteiger partial charge < -0.3 is 5.32 Å². The van der Waals surface area contributed by atoms with E-state index in [4.69, 9.17) is 12.2 Å². The van der Waals surface area contributed by atoms with Gasteiger partial charge in [0, 0.05) is 6.54 Å². The number of anilines is 1. The Balaban J connectivity index is 1.28. The maximum absolute atomic E-state index is 13.4. The van der Waals surface area contributed by atoms with Crippen LogP contribution in [0.2, 0.25) is 0 Å². The zero-order chi connectivity index (χ0) is 21.8. The van der Waals surface area contributed by atoms with Gasteiger partial charge in [0.25, 0.3) is 0 Å². The van der Waals surface area contributed by atoms with Crippen molar-refractivity contribution in [3.63, 3.8) is 0 Å². The van der Waals surface area contributed by atoms with Gasteiger partial charge in [0.1, 0.15) is 0 Å². The molecule has 6 rings (SSSR count). The summed E-state index contributed by atoms with van der Waals surface area (Å²) in [7, 11) is 0. The van der Waals surface area contributed by atoms with Crippen LogP contribution >= 0.6 is 12.2 Å². The molecule has 4 aliphatic carbocycles. The van der Waals surface area contributed by atoms with Crippen molar-refractivity contribution in [3.05, 3.63) is 17.7 Å². The number of amides is 1. The summed E-state index contributed by atoms with van der Waals surface area (Å²) < 4.78 is 1.89. The van der Waals surface area contributed by atoms with Crippen LogP contribution in [0, 0.1) is 31.1 Å². The summed E-state index contributed by atoms with van der Waals surface area (Å²) in [6, 6.07) is 0. The molecule has 10 nitrogen and oxygen atoms in total. The number of carbonyl (C=O) groups excluding carboxylic acids is 1. The lowest BCUT2D eigenvalue weighted by Gasteiger charge is -2.60. The Bertz CT molecular complexity index is 1010. The highest BCUT2D eigenvalue weighted by atomic mass is 32.1. The third-order valence-electron chi connectivity index (χ3n) is 7.39. The van der Waals surface area contributed by atoms with Gasteiger partial charge in [0.15, 0.2) is 10.9 Å². The zero-order valence-corrected chi connectivity index (χ0v) is 19.0. The fourth-order valence-electron chi connectivity index (χ4n) is 6.49. The number of nitrogens with zero attached hydrogens (tertiary/aromatic N) is 6. The molecule has 2 aromatic rings. The van der Waals surface area contributed by atoms with Crippen LogP contribution in [0.3, 0.4) is 0 Å². The second kappa shape index (κ2) is 7.25. The number of aryl methyl sites for hydroxylation is 2. The molecule has 11 heteroatoms. The molecule has 4 saturated carbocycles. The van der Waals surface area contributed by atoms with Crippen molar-refractivity contribution in [2.75, 3.05) is 5.32 Å². The third-order valence-corrected chi connectivity index (χ3v) is 7.59. The molecule has 4 bridgehead atoms. The Morgan fingerprint density at radius 3 is 2.58 bits per heavy atom. The van der Waals surface area contributed by atoms with E-state index in [1.807, 2.05) is 25.5 Å². The lowest BCUT2D eigenvalue weighted by molar-refractivity contribution is -0.158. The number of hydrogen-bond donors (Lipinski definition) is 3. The van der Waals surface area contributed by atoms with Crippen molar-refractivity contribution in [1.29, 1.82) is 0 Å². The number of nitrogens with one attached hydrogen (secondary N) is 3. The molecule has 4 aliphatic rings. The van der Waals surface area contributed by atoms with E-state index in [9.17, 15) is 4.79 Å². The van der Waals surface area contributed by atoms with Gasteiger partial charge in [-0.3, -0.25) is 20.3 Å². The Hall–Kier alpha value is -2.56. The van der Waals surface area contributed by atoms with Gasteiger partial charge in [0.2, 0.25) is 5.91 Å². The molecule has 2 aromatic heterocycles. The van der Waals surface area contributed by atoms with Crippen molar-refractivity contribution in [2.24, 2.45) is 17.3 Å². The average molecular weight is 444 g/mol. The Kier molecular flexibility index (Phi) is 4.76. The van der Waals surface area contributed by atoms with Gasteiger partial charge in [0.05, 0.1) is 28.5 Å². The lowest BCUT2D eigenvalue weighted by atomic mass is 9.46. The minimum atomic E-state index is -0.419. The van der Waals surface area contributed by atoms with Crippen LogP contribution in [-0.4, -0.2) is 41.0 Å². The first-order valence-corrected chi connectivity index (χ1v) is 11.4. The summed E-state index contributed by atoms with van der Waals surface area (Å²) >= 11 is 5.40. The van der Waals surface area contributed by atoms with Gasteiger partial charge in [-0.25, -0.2) is 0 Å². The van der Waals surface area contributed by atoms with Crippen LogP contribution in [0.1, 0.15) is 57.0 Å². The normalized spacial score (nSPS) is 30.9. The fraction of sp³-hybridized carbons (Fsp3) is 0.700. The maximum Gasteiger partial charge on any atom is 0.244 e. The Labute approximate surface area is 186 Å². The molecule has 0 aromatic carbocycles. The summed E-state index contributed by atoms with van der Waals surface area (Å²) in [6.07, 6.45) is 7.57. The molecule has 0 saturated heterocycles. The highest BCUT2D eigenvalue weighted by Crippen LogP contribution is 2.63. The van der Waals surface area contributed by atoms with Crippen molar-refractivity contribution in [3.8, 4) is 0 Å². The summed E-state index contributed by atoms with van der Waals surface area (Å²) in [5.74, 6) is 1.72. The van der Waals surface area contributed by atoms with E-state index in [1.165, 1.54) is 6.42 Å². The van der Waals surface area contributed by atoms with E-state index in [1.54, 1.807) is 11.0 Å². The van der Waals surface area contributed by atoms with Crippen molar-refractivity contribution in [1.82, 2.24) is 40.8 Å². The van der Waals surface area contributed by atoms with Gasteiger partial charge in [-0.2, -0.15) is 9.90 Å². The number of hydrogen-bond acceptors (Lipinski definition) is 6. The molecular weight excluding hydrogens is 414 g/mol. The number of rotatable bonds is 4. The second-order valence-corrected chi connectivity index (χ2v) is 9.99. The third kappa shape index (κ3) is 3.38. The largest absolute Gasteiger partial charge is 0.329 e. The van der Waals surface area contributed by atoms with E-state index in [2.05, 4.69) is 36.7 Å². The first-order chi connectivity index (χ1) is 14.8. The number of tetrazole rings is 1. The van der Waals surface area contributed by atoms with Crippen LogP contribution in [-0.2, 0) is 16.9 Å². The number of hydrazine groups is 1. The predicted octanol–water partition coefficient (Wildman–Crippen LogP) is 1.82. The molecule has 3 N–H and O–H groups in total. The first-order valence-electron chi connectivity index (χ1n) is 11.0. The van der Waals surface area contributed by atoms with E-state index < -0.39 is 5.41 Å². The van der Waals surface area contributed by atoms with Crippen LogP contribution in [0.25, 0.3) is 0 Å². The van der Waals surface area contributed by atoms with Gasteiger partial charge in [-0.15, -0.1) is 10.2 Å². The van der Waals surface area contributed by atoms with Crippen LogP contribution in [0.15, 0.2) is 6.20 Å². The van der Waals surface area contributed by atoms with Crippen molar-refractivity contribution >= 4 is 28.9 Å². The molecular formula is C20H29N9OS. The average Bonchev–Trinajstić information content (AvgIpc) is 3.31. The molecule has 0 radical (unpaired) electrons.